The fourth-order valence-electron chi connectivity index (χ4n) is 1.41. The quantitative estimate of drug-likeness (QED) is 0.790. The van der Waals surface area contributed by atoms with Gasteiger partial charge in [0.25, 0.3) is 0 Å². The van der Waals surface area contributed by atoms with Gasteiger partial charge in [0.05, 0.1) is 13.0 Å². The number of hydrogen-bond donors (Lipinski definition) is 0. The lowest BCUT2D eigenvalue weighted by atomic mass is 9.95. The number of carbonyl (C=O) groups is 1. The fraction of sp³-hybridized carbons (Fsp3) is 0.600. The van der Waals surface area contributed by atoms with Crippen LogP contribution in [0.1, 0.15) is 29.7 Å². The van der Waals surface area contributed by atoms with Crippen molar-refractivity contribution < 1.29 is 22.7 Å². The molecule has 7 heteroatoms. The van der Waals surface area contributed by atoms with Crippen molar-refractivity contribution in [2.75, 3.05) is 7.11 Å². The highest BCUT2D eigenvalue weighted by Crippen LogP contribution is 2.37. The number of hydrogen-bond acceptors (Lipinski definition) is 4. The molecular weight excluding hydrogens is 255 g/mol. The molecule has 1 rings (SSSR count). The standard InChI is InChI=1S/C10H12F3NO2S/c1-5(2)7(8(15)16-3)6-4-14-9(17-6)10(11,12)13/h4-5,7H,1-3H3. The maximum atomic E-state index is 12.4. The van der Waals surface area contributed by atoms with Crippen LogP contribution < -0.4 is 0 Å². The highest BCUT2D eigenvalue weighted by atomic mass is 32.1. The van der Waals surface area contributed by atoms with E-state index in [2.05, 4.69) is 9.72 Å². The van der Waals surface area contributed by atoms with Crippen molar-refractivity contribution in [3.63, 3.8) is 0 Å². The SMILES string of the molecule is COC(=O)C(c1cnc(C(F)(F)F)s1)C(C)C. The molecule has 0 aliphatic rings. The summed E-state index contributed by atoms with van der Waals surface area (Å²) in [6.07, 6.45) is -3.38. The van der Waals surface area contributed by atoms with Gasteiger partial charge in [0, 0.05) is 11.1 Å². The number of aromatic nitrogens is 1. The van der Waals surface area contributed by atoms with E-state index < -0.39 is 23.1 Å². The Bertz CT molecular complexity index is 401. The average Bonchev–Trinajstić information content (AvgIpc) is 2.65. The topological polar surface area (TPSA) is 39.2 Å². The van der Waals surface area contributed by atoms with Crippen LogP contribution in [-0.4, -0.2) is 18.1 Å². The summed E-state index contributed by atoms with van der Waals surface area (Å²) in [7, 11) is 1.21. The molecule has 1 unspecified atom stereocenters. The molecule has 17 heavy (non-hydrogen) atoms. The van der Waals surface area contributed by atoms with E-state index in [9.17, 15) is 18.0 Å². The molecule has 1 atom stereocenters. The second-order valence-corrected chi connectivity index (χ2v) is 4.87. The van der Waals surface area contributed by atoms with Crippen molar-refractivity contribution in [1.82, 2.24) is 4.98 Å². The Balaban J connectivity index is 3.05. The molecule has 0 bridgehead atoms. The number of methoxy groups -OCH3 is 1. The zero-order valence-corrected chi connectivity index (χ0v) is 10.4. The predicted octanol–water partition coefficient (Wildman–Crippen LogP) is 3.07. The predicted molar refractivity (Wildman–Crippen MR) is 56.7 cm³/mol. The van der Waals surface area contributed by atoms with Crippen LogP contribution in [0.25, 0.3) is 0 Å². The number of esters is 1. The van der Waals surface area contributed by atoms with E-state index in [1.807, 2.05) is 0 Å². The van der Waals surface area contributed by atoms with Gasteiger partial charge in [-0.3, -0.25) is 4.79 Å². The summed E-state index contributed by atoms with van der Waals surface area (Å²) in [6, 6.07) is 0. The molecule has 3 nitrogen and oxygen atoms in total. The lowest BCUT2D eigenvalue weighted by molar-refractivity contribution is -0.143. The molecule has 0 amide bonds. The molecule has 0 saturated heterocycles. The van der Waals surface area contributed by atoms with Crippen LogP contribution >= 0.6 is 11.3 Å². The van der Waals surface area contributed by atoms with E-state index in [1.165, 1.54) is 7.11 Å². The number of rotatable bonds is 3. The van der Waals surface area contributed by atoms with Crippen LogP contribution in [0.3, 0.4) is 0 Å². The average molecular weight is 267 g/mol. The third kappa shape index (κ3) is 3.18. The largest absolute Gasteiger partial charge is 0.469 e. The van der Waals surface area contributed by atoms with Gasteiger partial charge >= 0.3 is 12.1 Å². The summed E-state index contributed by atoms with van der Waals surface area (Å²) in [5.74, 6) is -1.39. The number of ether oxygens (including phenoxy) is 1. The Hall–Kier alpha value is -1.11. The van der Waals surface area contributed by atoms with Crippen LogP contribution in [0.5, 0.6) is 0 Å². The minimum absolute atomic E-state index is 0.149. The number of nitrogens with zero attached hydrogens (tertiary/aromatic N) is 1. The summed E-state index contributed by atoms with van der Waals surface area (Å²) in [5, 5.41) is -0.943. The molecule has 0 fully saturated rings. The molecule has 1 aromatic heterocycles. The molecule has 0 aliphatic carbocycles. The van der Waals surface area contributed by atoms with E-state index in [0.717, 1.165) is 6.20 Å². The van der Waals surface area contributed by atoms with Crippen molar-refractivity contribution in [1.29, 1.82) is 0 Å². The van der Waals surface area contributed by atoms with Crippen LogP contribution in [0.2, 0.25) is 0 Å². The number of carbonyl (C=O) groups excluding carboxylic acids is 1. The highest BCUT2D eigenvalue weighted by molar-refractivity contribution is 7.11. The Kier molecular flexibility index (Phi) is 4.13. The zero-order chi connectivity index (χ0) is 13.2. The van der Waals surface area contributed by atoms with Gasteiger partial charge in [0.15, 0.2) is 5.01 Å². The van der Waals surface area contributed by atoms with Gasteiger partial charge in [-0.1, -0.05) is 13.8 Å². The van der Waals surface area contributed by atoms with Crippen molar-refractivity contribution in [3.05, 3.63) is 16.1 Å². The summed E-state index contributed by atoms with van der Waals surface area (Å²) in [5.41, 5.74) is 0. The van der Waals surface area contributed by atoms with Crippen molar-refractivity contribution in [3.8, 4) is 0 Å². The number of alkyl halides is 3. The monoisotopic (exact) mass is 267 g/mol. The van der Waals surface area contributed by atoms with Crippen LogP contribution in [0.4, 0.5) is 13.2 Å². The van der Waals surface area contributed by atoms with Crippen LogP contribution in [-0.2, 0) is 15.7 Å². The van der Waals surface area contributed by atoms with E-state index in [-0.39, 0.29) is 10.8 Å². The number of halogens is 3. The molecular formula is C10H12F3NO2S. The Morgan fingerprint density at radius 3 is 2.41 bits per heavy atom. The lowest BCUT2D eigenvalue weighted by Gasteiger charge is -2.15. The summed E-state index contributed by atoms with van der Waals surface area (Å²) >= 11 is 0.483. The second-order valence-electron chi connectivity index (χ2n) is 3.81. The van der Waals surface area contributed by atoms with Gasteiger partial charge in [0.2, 0.25) is 0 Å². The smallest absolute Gasteiger partial charge is 0.443 e. The second kappa shape index (κ2) is 5.03. The fourth-order valence-corrected chi connectivity index (χ4v) is 2.45. The van der Waals surface area contributed by atoms with E-state index >= 15 is 0 Å². The van der Waals surface area contributed by atoms with Crippen LogP contribution in [0.15, 0.2) is 6.20 Å². The normalized spacial score (nSPS) is 13.8. The van der Waals surface area contributed by atoms with Gasteiger partial charge < -0.3 is 4.74 Å². The first-order chi connectivity index (χ1) is 7.77. The van der Waals surface area contributed by atoms with E-state index in [4.69, 9.17) is 0 Å². The summed E-state index contributed by atoms with van der Waals surface area (Å²) < 4.78 is 41.7. The first-order valence-electron chi connectivity index (χ1n) is 4.88. The third-order valence-electron chi connectivity index (χ3n) is 2.19. The number of thiazole rings is 1. The molecule has 0 spiro atoms. The third-order valence-corrected chi connectivity index (χ3v) is 3.32. The molecule has 0 radical (unpaired) electrons. The minimum atomic E-state index is -4.47. The molecule has 0 aliphatic heterocycles. The first-order valence-corrected chi connectivity index (χ1v) is 5.69. The first kappa shape index (κ1) is 14.0. The molecule has 0 aromatic carbocycles. The van der Waals surface area contributed by atoms with Gasteiger partial charge in [-0.25, -0.2) is 4.98 Å². The summed E-state index contributed by atoms with van der Waals surface area (Å²) in [6.45, 7) is 3.49. The van der Waals surface area contributed by atoms with Gasteiger partial charge in [-0.15, -0.1) is 11.3 Å². The molecule has 0 N–H and O–H groups in total. The highest BCUT2D eigenvalue weighted by Gasteiger charge is 2.36. The maximum Gasteiger partial charge on any atom is 0.443 e. The minimum Gasteiger partial charge on any atom is -0.469 e. The summed E-state index contributed by atoms with van der Waals surface area (Å²) in [4.78, 5) is 15.1. The van der Waals surface area contributed by atoms with Crippen molar-refractivity contribution in [2.45, 2.75) is 25.9 Å². The molecule has 1 aromatic rings. The lowest BCUT2D eigenvalue weighted by Crippen LogP contribution is -2.18. The maximum absolute atomic E-state index is 12.4. The van der Waals surface area contributed by atoms with Gasteiger partial charge in [-0.2, -0.15) is 13.2 Å². The molecule has 1 heterocycles. The molecule has 96 valence electrons. The Morgan fingerprint density at radius 1 is 1.47 bits per heavy atom. The van der Waals surface area contributed by atoms with Crippen molar-refractivity contribution >= 4 is 17.3 Å². The van der Waals surface area contributed by atoms with Crippen LogP contribution in [0, 0.1) is 5.92 Å². The van der Waals surface area contributed by atoms with Gasteiger partial charge in [-0.05, 0) is 5.92 Å². The molecule has 0 saturated carbocycles. The van der Waals surface area contributed by atoms with E-state index in [1.54, 1.807) is 13.8 Å². The Morgan fingerprint density at radius 2 is 2.06 bits per heavy atom. The van der Waals surface area contributed by atoms with Crippen molar-refractivity contribution in [2.24, 2.45) is 5.92 Å². The zero-order valence-electron chi connectivity index (χ0n) is 9.54. The van der Waals surface area contributed by atoms with Gasteiger partial charge in [0.1, 0.15) is 0 Å². The van der Waals surface area contributed by atoms with E-state index in [0.29, 0.717) is 11.3 Å². The Labute approximate surface area is 101 Å².